The van der Waals surface area contributed by atoms with E-state index in [9.17, 15) is 8.42 Å². The molecule has 0 spiro atoms. The van der Waals surface area contributed by atoms with E-state index in [-0.39, 0.29) is 5.41 Å². The fraction of sp³-hybridized carbons (Fsp3) is 0.600. The maximum Gasteiger partial charge on any atom is 0.242 e. The fourth-order valence-corrected chi connectivity index (χ4v) is 3.86. The molecule has 3 nitrogen and oxygen atoms in total. The Hall–Kier alpha value is -0.580. The minimum atomic E-state index is -3.46. The average molecular weight is 318 g/mol. The van der Waals surface area contributed by atoms with Gasteiger partial charge in [-0.05, 0) is 35.1 Å². The quantitative estimate of drug-likeness (QED) is 0.777. The highest BCUT2D eigenvalue weighted by atomic mass is 35.5. The lowest BCUT2D eigenvalue weighted by Gasteiger charge is -2.26. The lowest BCUT2D eigenvalue weighted by Crippen LogP contribution is -2.34. The number of aryl methyl sites for hydroxylation is 1. The van der Waals surface area contributed by atoms with E-state index in [1.807, 2.05) is 33.8 Å². The van der Waals surface area contributed by atoms with Crippen molar-refractivity contribution in [2.75, 3.05) is 13.6 Å². The molecule has 0 amide bonds. The van der Waals surface area contributed by atoms with Gasteiger partial charge < -0.3 is 0 Å². The van der Waals surface area contributed by atoms with Crippen molar-refractivity contribution in [1.29, 1.82) is 0 Å². The predicted molar refractivity (Wildman–Crippen MR) is 84.6 cm³/mol. The van der Waals surface area contributed by atoms with Crippen molar-refractivity contribution in [3.63, 3.8) is 0 Å². The molecule has 5 heteroatoms. The molecule has 1 aromatic rings. The van der Waals surface area contributed by atoms with Gasteiger partial charge in [0.2, 0.25) is 10.0 Å². The van der Waals surface area contributed by atoms with Gasteiger partial charge in [0.25, 0.3) is 0 Å². The molecule has 0 atom stereocenters. The first-order valence-corrected chi connectivity index (χ1v) is 8.73. The van der Waals surface area contributed by atoms with Gasteiger partial charge in [-0.2, -0.15) is 0 Å². The minimum Gasteiger partial charge on any atom is -0.207 e. The Bertz CT molecular complexity index is 562. The molecule has 20 heavy (non-hydrogen) atoms. The van der Waals surface area contributed by atoms with E-state index in [1.165, 1.54) is 4.31 Å². The van der Waals surface area contributed by atoms with E-state index < -0.39 is 10.0 Å². The van der Waals surface area contributed by atoms with Crippen molar-refractivity contribution in [3.05, 3.63) is 29.3 Å². The summed E-state index contributed by atoms with van der Waals surface area (Å²) in [4.78, 5) is 0.317. The molecule has 0 aliphatic heterocycles. The summed E-state index contributed by atoms with van der Waals surface area (Å²) in [5, 5.41) is 0. The van der Waals surface area contributed by atoms with Crippen LogP contribution in [0.2, 0.25) is 0 Å². The first-order valence-electron chi connectivity index (χ1n) is 6.76. The summed E-state index contributed by atoms with van der Waals surface area (Å²) in [7, 11) is -1.84. The van der Waals surface area contributed by atoms with Crippen molar-refractivity contribution in [2.24, 2.45) is 5.41 Å². The van der Waals surface area contributed by atoms with Crippen LogP contribution in [0.15, 0.2) is 23.1 Å². The van der Waals surface area contributed by atoms with Crippen LogP contribution in [0.4, 0.5) is 0 Å². The lowest BCUT2D eigenvalue weighted by atomic mass is 9.97. The molecule has 0 heterocycles. The van der Waals surface area contributed by atoms with Crippen LogP contribution in [-0.4, -0.2) is 26.3 Å². The lowest BCUT2D eigenvalue weighted by molar-refractivity contribution is 0.311. The summed E-state index contributed by atoms with van der Waals surface area (Å²) < 4.78 is 26.5. The number of nitrogens with zero attached hydrogens (tertiary/aromatic N) is 1. The van der Waals surface area contributed by atoms with Crippen LogP contribution in [0, 0.1) is 5.41 Å². The number of rotatable bonds is 5. The Labute approximate surface area is 128 Å². The largest absolute Gasteiger partial charge is 0.242 e. The molecule has 0 saturated heterocycles. The van der Waals surface area contributed by atoms with Gasteiger partial charge in [-0.15, -0.1) is 11.6 Å². The Morgan fingerprint density at radius 3 is 2.25 bits per heavy atom. The molecule has 114 valence electrons. The molecular weight excluding hydrogens is 294 g/mol. The number of alkyl halides is 1. The van der Waals surface area contributed by atoms with Crippen molar-refractivity contribution >= 4 is 21.6 Å². The average Bonchev–Trinajstić information content (AvgIpc) is 2.35. The molecule has 0 unspecified atom stereocenters. The molecule has 0 saturated carbocycles. The van der Waals surface area contributed by atoms with E-state index in [0.29, 0.717) is 17.3 Å². The zero-order valence-corrected chi connectivity index (χ0v) is 14.5. The molecule has 0 aliphatic rings. The maximum absolute atomic E-state index is 12.6. The zero-order valence-electron chi connectivity index (χ0n) is 12.9. The van der Waals surface area contributed by atoms with Gasteiger partial charge in [-0.3, -0.25) is 0 Å². The van der Waals surface area contributed by atoms with Gasteiger partial charge in [-0.25, -0.2) is 12.7 Å². The smallest absolute Gasteiger partial charge is 0.207 e. The number of hydrogen-bond donors (Lipinski definition) is 0. The van der Waals surface area contributed by atoms with E-state index in [2.05, 4.69) is 0 Å². The summed E-state index contributed by atoms with van der Waals surface area (Å²) in [6.07, 6.45) is 0.847. The highest BCUT2D eigenvalue weighted by Crippen LogP contribution is 2.23. The molecule has 1 aromatic carbocycles. The van der Waals surface area contributed by atoms with Gasteiger partial charge in [0, 0.05) is 19.5 Å². The van der Waals surface area contributed by atoms with Crippen LogP contribution in [0.1, 0.15) is 38.8 Å². The number of sulfonamides is 1. The first-order chi connectivity index (χ1) is 9.11. The number of hydrogen-bond acceptors (Lipinski definition) is 2. The summed E-state index contributed by atoms with van der Waals surface area (Å²) >= 11 is 5.91. The fourth-order valence-electron chi connectivity index (χ4n) is 2.16. The Morgan fingerprint density at radius 2 is 1.80 bits per heavy atom. The Kier molecular flexibility index (Phi) is 5.64. The van der Waals surface area contributed by atoms with Gasteiger partial charge in [0.05, 0.1) is 4.90 Å². The summed E-state index contributed by atoms with van der Waals surface area (Å²) in [6, 6.07) is 5.22. The SMILES string of the molecule is CCc1ccc(S(=O)(=O)N(C)CC(C)(C)C)cc1CCl. The molecule has 0 aliphatic carbocycles. The highest BCUT2D eigenvalue weighted by Gasteiger charge is 2.25. The minimum absolute atomic E-state index is 0.0828. The molecule has 0 N–H and O–H groups in total. The van der Waals surface area contributed by atoms with E-state index in [4.69, 9.17) is 11.6 Å². The molecule has 1 rings (SSSR count). The first kappa shape index (κ1) is 17.5. The van der Waals surface area contributed by atoms with Crippen LogP contribution in [-0.2, 0) is 22.3 Å². The van der Waals surface area contributed by atoms with Crippen molar-refractivity contribution in [1.82, 2.24) is 4.31 Å². The van der Waals surface area contributed by atoms with Crippen LogP contribution >= 0.6 is 11.6 Å². The monoisotopic (exact) mass is 317 g/mol. The van der Waals surface area contributed by atoms with Gasteiger partial charge >= 0.3 is 0 Å². The van der Waals surface area contributed by atoms with E-state index in [0.717, 1.165) is 17.5 Å². The Balaban J connectivity index is 3.16. The van der Waals surface area contributed by atoms with E-state index >= 15 is 0 Å². The van der Waals surface area contributed by atoms with Crippen LogP contribution in [0.3, 0.4) is 0 Å². The van der Waals surface area contributed by atoms with Crippen molar-refractivity contribution in [3.8, 4) is 0 Å². The predicted octanol–water partition coefficient (Wildman–Crippen LogP) is 3.65. The molecule has 0 aromatic heterocycles. The van der Waals surface area contributed by atoms with E-state index in [1.54, 1.807) is 19.2 Å². The standard InChI is InChI=1S/C15H24ClNO2S/c1-6-12-7-8-14(9-13(12)10-16)20(18,19)17(5)11-15(2,3)4/h7-9H,6,10-11H2,1-5H3. The Morgan fingerprint density at radius 1 is 1.20 bits per heavy atom. The molecule has 0 radical (unpaired) electrons. The maximum atomic E-state index is 12.6. The third kappa shape index (κ3) is 4.21. The van der Waals surface area contributed by atoms with Crippen LogP contribution in [0.25, 0.3) is 0 Å². The second-order valence-corrected chi connectivity index (χ2v) is 8.55. The third-order valence-corrected chi connectivity index (χ3v) is 5.20. The van der Waals surface area contributed by atoms with Gasteiger partial charge in [0.15, 0.2) is 0 Å². The molecule has 0 bridgehead atoms. The van der Waals surface area contributed by atoms with Gasteiger partial charge in [-0.1, -0.05) is 33.8 Å². The van der Waals surface area contributed by atoms with Gasteiger partial charge in [0.1, 0.15) is 0 Å². The molecule has 0 fully saturated rings. The number of benzene rings is 1. The highest BCUT2D eigenvalue weighted by molar-refractivity contribution is 7.89. The summed E-state index contributed by atoms with van der Waals surface area (Å²) in [5.74, 6) is 0.329. The normalized spacial score (nSPS) is 12.9. The second kappa shape index (κ2) is 6.46. The summed E-state index contributed by atoms with van der Waals surface area (Å²) in [5.41, 5.74) is 1.90. The molecular formula is C15H24ClNO2S. The van der Waals surface area contributed by atoms with Crippen molar-refractivity contribution in [2.45, 2.75) is 44.9 Å². The van der Waals surface area contributed by atoms with Crippen LogP contribution < -0.4 is 0 Å². The van der Waals surface area contributed by atoms with Crippen molar-refractivity contribution < 1.29 is 8.42 Å². The van der Waals surface area contributed by atoms with Crippen LogP contribution in [0.5, 0.6) is 0 Å². The third-order valence-electron chi connectivity index (χ3n) is 3.11. The second-order valence-electron chi connectivity index (χ2n) is 6.24. The zero-order chi connectivity index (χ0) is 15.6. The summed E-state index contributed by atoms with van der Waals surface area (Å²) in [6.45, 7) is 8.56. The number of halogens is 1. The topological polar surface area (TPSA) is 37.4 Å².